The molecule has 1 saturated heterocycles. The molecule has 148 valence electrons. The van der Waals surface area contributed by atoms with E-state index in [2.05, 4.69) is 15.2 Å². The number of morpholine rings is 1. The average Bonchev–Trinajstić information content (AvgIpc) is 2.68. The van der Waals surface area contributed by atoms with Crippen LogP contribution < -0.4 is 16.0 Å². The molecule has 1 aromatic heterocycles. The number of halogens is 2. The second kappa shape index (κ2) is 11.1. The Morgan fingerprint density at radius 2 is 1.81 bits per heavy atom. The molecule has 0 saturated carbocycles. The van der Waals surface area contributed by atoms with E-state index in [0.29, 0.717) is 5.69 Å². The highest BCUT2D eigenvalue weighted by atomic mass is 35.5. The summed E-state index contributed by atoms with van der Waals surface area (Å²) in [6.07, 6.45) is 1.68. The molecule has 1 aliphatic rings. The number of nitrogens with one attached hydrogen (secondary N) is 1. The third-order valence-corrected chi connectivity index (χ3v) is 4.49. The molecule has 0 bridgehead atoms. The molecule has 2 atom stereocenters. The number of rotatable bonds is 5. The topological polar surface area (TPSA) is 80.5 Å². The van der Waals surface area contributed by atoms with Crippen molar-refractivity contribution in [3.63, 3.8) is 0 Å². The van der Waals surface area contributed by atoms with Crippen LogP contribution in [0.3, 0.4) is 0 Å². The van der Waals surface area contributed by atoms with Crippen molar-refractivity contribution in [3.05, 3.63) is 54.2 Å². The summed E-state index contributed by atoms with van der Waals surface area (Å²) in [4.78, 5) is 19.1. The number of aromatic nitrogens is 1. The summed E-state index contributed by atoms with van der Waals surface area (Å²) >= 11 is 0. The van der Waals surface area contributed by atoms with E-state index < -0.39 is 0 Å². The average molecular weight is 413 g/mol. The van der Waals surface area contributed by atoms with Crippen LogP contribution in [0.15, 0.2) is 48.7 Å². The predicted molar refractivity (Wildman–Crippen MR) is 113 cm³/mol. The summed E-state index contributed by atoms with van der Waals surface area (Å²) in [7, 11) is 0. The molecule has 8 heteroatoms. The third-order valence-electron chi connectivity index (χ3n) is 4.49. The second-order valence-electron chi connectivity index (χ2n) is 6.22. The molecule has 2 aromatic rings. The van der Waals surface area contributed by atoms with E-state index >= 15 is 0 Å². The summed E-state index contributed by atoms with van der Waals surface area (Å²) in [6, 6.07) is 13.1. The lowest BCUT2D eigenvalue weighted by atomic mass is 9.94. The number of hydrogen-bond donors (Lipinski definition) is 2. The van der Waals surface area contributed by atoms with E-state index in [0.717, 1.165) is 37.7 Å². The standard InChI is InChI=1S/C19H24N4O2.2ClH/c1-14(18(20)15-5-3-2-4-6-15)19(24)22-16-7-8-17(21-13-16)23-9-11-25-12-10-23;;/h2-8,13-14,18H,9-12,20H2,1H3,(H,22,24);2*1H. The number of nitrogens with zero attached hydrogens (tertiary/aromatic N) is 2. The van der Waals surface area contributed by atoms with Crippen molar-refractivity contribution < 1.29 is 9.53 Å². The molecule has 0 radical (unpaired) electrons. The van der Waals surface area contributed by atoms with Gasteiger partial charge in [-0.1, -0.05) is 37.3 Å². The first-order valence-electron chi connectivity index (χ1n) is 8.55. The van der Waals surface area contributed by atoms with Crippen molar-refractivity contribution >= 4 is 42.2 Å². The number of carbonyl (C=O) groups excluding carboxylic acids is 1. The molecule has 2 heterocycles. The Bertz CT molecular complexity index is 695. The molecule has 1 fully saturated rings. The van der Waals surface area contributed by atoms with Crippen LogP contribution in [-0.4, -0.2) is 37.2 Å². The van der Waals surface area contributed by atoms with Crippen molar-refractivity contribution in [3.8, 4) is 0 Å². The van der Waals surface area contributed by atoms with Gasteiger partial charge in [0.25, 0.3) is 0 Å². The van der Waals surface area contributed by atoms with E-state index in [1.54, 1.807) is 6.20 Å². The van der Waals surface area contributed by atoms with Crippen LogP contribution in [0.25, 0.3) is 0 Å². The number of carbonyl (C=O) groups is 1. The van der Waals surface area contributed by atoms with Gasteiger partial charge in [0, 0.05) is 19.1 Å². The summed E-state index contributed by atoms with van der Waals surface area (Å²) in [6.45, 7) is 4.94. The SMILES string of the molecule is CC(C(=O)Nc1ccc(N2CCOCC2)nc1)C(N)c1ccccc1.Cl.Cl. The summed E-state index contributed by atoms with van der Waals surface area (Å²) < 4.78 is 5.34. The lowest BCUT2D eigenvalue weighted by Gasteiger charge is -2.27. The van der Waals surface area contributed by atoms with Gasteiger partial charge in [0.2, 0.25) is 5.91 Å². The number of pyridine rings is 1. The zero-order chi connectivity index (χ0) is 17.6. The van der Waals surface area contributed by atoms with Crippen LogP contribution in [0.5, 0.6) is 0 Å². The summed E-state index contributed by atoms with van der Waals surface area (Å²) in [5.74, 6) is 0.439. The first-order chi connectivity index (χ1) is 12.1. The van der Waals surface area contributed by atoms with Crippen molar-refractivity contribution in [2.75, 3.05) is 36.5 Å². The number of ether oxygens (including phenoxy) is 1. The molecule has 2 unspecified atom stereocenters. The Morgan fingerprint density at radius 1 is 1.15 bits per heavy atom. The number of hydrogen-bond acceptors (Lipinski definition) is 5. The minimum Gasteiger partial charge on any atom is -0.378 e. The predicted octanol–water partition coefficient (Wildman–Crippen LogP) is 3.04. The van der Waals surface area contributed by atoms with Gasteiger partial charge in [-0.25, -0.2) is 4.98 Å². The largest absolute Gasteiger partial charge is 0.378 e. The van der Waals surface area contributed by atoms with Crippen molar-refractivity contribution in [2.45, 2.75) is 13.0 Å². The van der Waals surface area contributed by atoms with E-state index in [-0.39, 0.29) is 42.7 Å². The monoisotopic (exact) mass is 412 g/mol. The van der Waals surface area contributed by atoms with Gasteiger partial charge in [0.15, 0.2) is 0 Å². The van der Waals surface area contributed by atoms with E-state index in [1.165, 1.54) is 0 Å². The first-order valence-corrected chi connectivity index (χ1v) is 8.55. The quantitative estimate of drug-likeness (QED) is 0.788. The van der Waals surface area contributed by atoms with Crippen molar-refractivity contribution in [1.29, 1.82) is 0 Å². The zero-order valence-corrected chi connectivity index (χ0v) is 16.8. The zero-order valence-electron chi connectivity index (χ0n) is 15.2. The second-order valence-corrected chi connectivity index (χ2v) is 6.22. The highest BCUT2D eigenvalue weighted by Gasteiger charge is 2.22. The summed E-state index contributed by atoms with van der Waals surface area (Å²) in [5, 5.41) is 2.90. The third kappa shape index (κ3) is 6.07. The van der Waals surface area contributed by atoms with Crippen LogP contribution >= 0.6 is 24.8 Å². The fraction of sp³-hybridized carbons (Fsp3) is 0.368. The maximum atomic E-state index is 12.5. The van der Waals surface area contributed by atoms with Gasteiger partial charge in [-0.3, -0.25) is 4.79 Å². The fourth-order valence-corrected chi connectivity index (χ4v) is 2.82. The Kier molecular flexibility index (Phi) is 9.52. The molecule has 1 amide bonds. The fourth-order valence-electron chi connectivity index (χ4n) is 2.82. The molecule has 1 aliphatic heterocycles. The highest BCUT2D eigenvalue weighted by molar-refractivity contribution is 5.92. The van der Waals surface area contributed by atoms with Gasteiger partial charge in [-0.05, 0) is 17.7 Å². The van der Waals surface area contributed by atoms with Gasteiger partial charge < -0.3 is 20.7 Å². The lowest BCUT2D eigenvalue weighted by molar-refractivity contribution is -0.120. The van der Waals surface area contributed by atoms with Gasteiger partial charge in [0.1, 0.15) is 5.82 Å². The number of amides is 1. The lowest BCUT2D eigenvalue weighted by Crippen LogP contribution is -2.36. The molecular formula is C19H26Cl2N4O2. The number of anilines is 2. The van der Waals surface area contributed by atoms with Gasteiger partial charge in [-0.15, -0.1) is 24.8 Å². The van der Waals surface area contributed by atoms with E-state index in [4.69, 9.17) is 10.5 Å². The van der Waals surface area contributed by atoms with Crippen LogP contribution in [-0.2, 0) is 9.53 Å². The number of benzene rings is 1. The molecule has 3 rings (SSSR count). The van der Waals surface area contributed by atoms with Crippen LogP contribution in [0.1, 0.15) is 18.5 Å². The molecule has 3 N–H and O–H groups in total. The Labute approximate surface area is 172 Å². The van der Waals surface area contributed by atoms with E-state index in [9.17, 15) is 4.79 Å². The Hall–Kier alpha value is -1.86. The van der Waals surface area contributed by atoms with Gasteiger partial charge in [0.05, 0.1) is 31.0 Å². The van der Waals surface area contributed by atoms with Crippen LogP contribution in [0.2, 0.25) is 0 Å². The van der Waals surface area contributed by atoms with Crippen LogP contribution in [0.4, 0.5) is 11.5 Å². The number of nitrogens with two attached hydrogens (primary N) is 1. The molecule has 0 spiro atoms. The smallest absolute Gasteiger partial charge is 0.229 e. The first kappa shape index (κ1) is 23.2. The normalized spacial score (nSPS) is 15.7. The molecule has 1 aromatic carbocycles. The van der Waals surface area contributed by atoms with Gasteiger partial charge in [-0.2, -0.15) is 0 Å². The van der Waals surface area contributed by atoms with Gasteiger partial charge >= 0.3 is 0 Å². The highest BCUT2D eigenvalue weighted by Crippen LogP contribution is 2.21. The molecule has 27 heavy (non-hydrogen) atoms. The summed E-state index contributed by atoms with van der Waals surface area (Å²) in [5.41, 5.74) is 7.84. The minimum absolute atomic E-state index is 0. The minimum atomic E-state index is -0.346. The molecule has 6 nitrogen and oxygen atoms in total. The maximum Gasteiger partial charge on any atom is 0.229 e. The van der Waals surface area contributed by atoms with Crippen molar-refractivity contribution in [2.24, 2.45) is 11.7 Å². The van der Waals surface area contributed by atoms with Crippen LogP contribution in [0, 0.1) is 5.92 Å². The Morgan fingerprint density at radius 3 is 2.41 bits per heavy atom. The van der Waals surface area contributed by atoms with E-state index in [1.807, 2.05) is 49.4 Å². The molecule has 0 aliphatic carbocycles. The van der Waals surface area contributed by atoms with Crippen molar-refractivity contribution in [1.82, 2.24) is 4.98 Å². The molecular weight excluding hydrogens is 387 g/mol. The maximum absolute atomic E-state index is 12.5. The Balaban J connectivity index is 0.00000182.